The van der Waals surface area contributed by atoms with Crippen molar-refractivity contribution in [1.82, 2.24) is 4.57 Å². The Kier molecular flexibility index (Phi) is 5.36. The molecule has 0 saturated carbocycles. The average molecular weight is 457 g/mol. The van der Waals surface area contributed by atoms with Crippen molar-refractivity contribution in [3.63, 3.8) is 0 Å². The van der Waals surface area contributed by atoms with Gasteiger partial charge in [0.15, 0.2) is 11.4 Å². The van der Waals surface area contributed by atoms with Gasteiger partial charge in [-0.1, -0.05) is 54.1 Å². The third kappa shape index (κ3) is 3.86. The molecule has 1 amide bonds. The lowest BCUT2D eigenvalue weighted by Crippen LogP contribution is -2.41. The van der Waals surface area contributed by atoms with Gasteiger partial charge >= 0.3 is 0 Å². The zero-order valence-electron chi connectivity index (χ0n) is 17.7. The first-order valence-electron chi connectivity index (χ1n) is 10.6. The van der Waals surface area contributed by atoms with E-state index in [4.69, 9.17) is 11.6 Å². The van der Waals surface area contributed by atoms with Gasteiger partial charge in [-0.05, 0) is 48.0 Å². The van der Waals surface area contributed by atoms with E-state index < -0.39 is 11.5 Å². The van der Waals surface area contributed by atoms with E-state index in [2.05, 4.69) is 0 Å². The van der Waals surface area contributed by atoms with Crippen LogP contribution in [0.3, 0.4) is 0 Å². The van der Waals surface area contributed by atoms with Crippen molar-refractivity contribution in [2.24, 2.45) is 0 Å². The number of Topliss-reactive ketones (excluding diaryl/α,β-unsaturated/α-hetero) is 1. The first-order valence-corrected chi connectivity index (χ1v) is 11.0. The highest BCUT2D eigenvalue weighted by atomic mass is 35.5. The van der Waals surface area contributed by atoms with Gasteiger partial charge < -0.3 is 14.6 Å². The maximum atomic E-state index is 13.5. The number of benzene rings is 3. The zero-order chi connectivity index (χ0) is 23.0. The van der Waals surface area contributed by atoms with E-state index in [1.807, 2.05) is 65.5 Å². The van der Waals surface area contributed by atoms with Crippen LogP contribution in [0.4, 0.5) is 5.69 Å². The Morgan fingerprint density at radius 2 is 1.67 bits per heavy atom. The number of carbonyl (C=O) groups is 2. The largest absolute Gasteiger partial charge is 0.375 e. The van der Waals surface area contributed by atoms with Crippen LogP contribution in [0.2, 0.25) is 5.02 Å². The summed E-state index contributed by atoms with van der Waals surface area (Å²) in [5.74, 6) is -0.856. The quantitative estimate of drug-likeness (QED) is 0.409. The number of amides is 1. The minimum Gasteiger partial charge on any atom is -0.375 e. The first-order chi connectivity index (χ1) is 16.0. The smallest absolute Gasteiger partial charge is 0.264 e. The molecular formula is C27H21ClN2O3. The lowest BCUT2D eigenvalue weighted by atomic mass is 9.88. The Hall–Kier alpha value is -3.67. The van der Waals surface area contributed by atoms with E-state index in [1.165, 1.54) is 4.90 Å². The fourth-order valence-electron chi connectivity index (χ4n) is 4.30. The number of hydrogen-bond acceptors (Lipinski definition) is 3. The normalized spacial score (nSPS) is 17.3. The van der Waals surface area contributed by atoms with Gasteiger partial charge in [0.05, 0.1) is 18.7 Å². The lowest BCUT2D eigenvalue weighted by Gasteiger charge is -2.23. The zero-order valence-corrected chi connectivity index (χ0v) is 18.4. The second-order valence-electron chi connectivity index (χ2n) is 8.14. The minimum atomic E-state index is -1.99. The highest BCUT2D eigenvalue weighted by molar-refractivity contribution is 6.31. The number of anilines is 1. The van der Waals surface area contributed by atoms with E-state index >= 15 is 0 Å². The van der Waals surface area contributed by atoms with Crippen molar-refractivity contribution >= 4 is 29.0 Å². The van der Waals surface area contributed by atoms with Crippen LogP contribution in [0.15, 0.2) is 97.3 Å². The Labute approximate surface area is 196 Å². The van der Waals surface area contributed by atoms with Crippen molar-refractivity contribution in [3.05, 3.63) is 119 Å². The van der Waals surface area contributed by atoms with Crippen LogP contribution in [-0.4, -0.2) is 21.4 Å². The summed E-state index contributed by atoms with van der Waals surface area (Å²) in [6.07, 6.45) is 3.40. The molecule has 0 bridgehead atoms. The van der Waals surface area contributed by atoms with E-state index in [-0.39, 0.29) is 18.7 Å². The molecule has 1 N–H and O–H groups in total. The molecule has 0 radical (unpaired) electrons. The van der Waals surface area contributed by atoms with Gasteiger partial charge in [-0.3, -0.25) is 9.59 Å². The summed E-state index contributed by atoms with van der Waals surface area (Å²) < 4.78 is 1.89. The Morgan fingerprint density at radius 3 is 2.42 bits per heavy atom. The van der Waals surface area contributed by atoms with Crippen molar-refractivity contribution in [1.29, 1.82) is 0 Å². The predicted octanol–water partition coefficient (Wildman–Crippen LogP) is 5.14. The second-order valence-corrected chi connectivity index (χ2v) is 8.58. The Bertz CT molecular complexity index is 1330. The fraction of sp³-hybridized carbons (Fsp3) is 0.111. The molecular weight excluding hydrogens is 436 g/mol. The Balaban J connectivity index is 1.48. The molecule has 0 spiro atoms. The van der Waals surface area contributed by atoms with Gasteiger partial charge in [0.1, 0.15) is 0 Å². The van der Waals surface area contributed by atoms with Gasteiger partial charge in [0.2, 0.25) is 0 Å². The van der Waals surface area contributed by atoms with Crippen molar-refractivity contribution in [2.45, 2.75) is 18.6 Å². The highest BCUT2D eigenvalue weighted by Gasteiger charge is 2.51. The van der Waals surface area contributed by atoms with Crippen LogP contribution in [-0.2, 0) is 16.9 Å². The molecule has 5 nitrogen and oxygen atoms in total. The number of hydrogen-bond donors (Lipinski definition) is 1. The third-order valence-electron chi connectivity index (χ3n) is 5.96. The first kappa shape index (κ1) is 21.2. The summed E-state index contributed by atoms with van der Waals surface area (Å²) in [7, 11) is 0. The highest BCUT2D eigenvalue weighted by Crippen LogP contribution is 2.44. The third-order valence-corrected chi connectivity index (χ3v) is 6.20. The van der Waals surface area contributed by atoms with E-state index in [9.17, 15) is 14.7 Å². The molecule has 3 aromatic carbocycles. The molecule has 33 heavy (non-hydrogen) atoms. The second kappa shape index (κ2) is 8.35. The van der Waals surface area contributed by atoms with Gasteiger partial charge in [-0.25, -0.2) is 0 Å². The lowest BCUT2D eigenvalue weighted by molar-refractivity contribution is -0.136. The monoisotopic (exact) mass is 456 g/mol. The fourth-order valence-corrected chi connectivity index (χ4v) is 4.47. The van der Waals surface area contributed by atoms with E-state index in [1.54, 1.807) is 36.4 Å². The summed E-state index contributed by atoms with van der Waals surface area (Å²) in [6, 6.07) is 25.4. The molecule has 1 aromatic heterocycles. The number of ketones is 1. The Morgan fingerprint density at radius 1 is 0.909 bits per heavy atom. The van der Waals surface area contributed by atoms with E-state index in [0.717, 1.165) is 11.3 Å². The van der Waals surface area contributed by atoms with Crippen LogP contribution in [0, 0.1) is 0 Å². The van der Waals surface area contributed by atoms with Crippen LogP contribution in [0.1, 0.15) is 27.9 Å². The van der Waals surface area contributed by atoms with Gasteiger partial charge in [0, 0.05) is 34.2 Å². The summed E-state index contributed by atoms with van der Waals surface area (Å²) in [5.41, 5.74) is 1.09. The van der Waals surface area contributed by atoms with Gasteiger partial charge in [-0.2, -0.15) is 0 Å². The molecule has 2 heterocycles. The number of carbonyl (C=O) groups excluding carboxylic acids is 2. The summed E-state index contributed by atoms with van der Waals surface area (Å²) in [4.78, 5) is 28.3. The van der Waals surface area contributed by atoms with Crippen LogP contribution in [0.25, 0.3) is 5.69 Å². The molecule has 0 fully saturated rings. The SMILES string of the molecule is O=C(C[C@]1(O)C(=O)N(Cc2ccccc2)c2ccc(Cl)cc21)c1cccc(-n2cccc2)c1. The number of aliphatic hydroxyl groups is 1. The molecule has 0 aliphatic carbocycles. The van der Waals surface area contributed by atoms with Crippen LogP contribution in [0.5, 0.6) is 0 Å². The molecule has 0 saturated heterocycles. The molecule has 1 aliphatic heterocycles. The number of rotatable bonds is 6. The van der Waals surface area contributed by atoms with Crippen LogP contribution >= 0.6 is 11.6 Å². The molecule has 164 valence electrons. The number of halogens is 1. The van der Waals surface area contributed by atoms with Crippen LogP contribution < -0.4 is 4.90 Å². The minimum absolute atomic E-state index is 0.286. The standard InChI is InChI=1S/C27H21ClN2O3/c28-21-11-12-24-23(16-21)27(33,26(32)30(24)18-19-7-2-1-3-8-19)17-25(31)20-9-6-10-22(15-20)29-13-4-5-14-29/h1-16,33H,17-18H2/t27-/m1/s1. The van der Waals surface area contributed by atoms with Gasteiger partial charge in [-0.15, -0.1) is 0 Å². The average Bonchev–Trinajstić information content (AvgIpc) is 3.43. The predicted molar refractivity (Wildman–Crippen MR) is 128 cm³/mol. The summed E-state index contributed by atoms with van der Waals surface area (Å²) in [5, 5.41) is 12.0. The van der Waals surface area contributed by atoms with Crippen molar-refractivity contribution in [2.75, 3.05) is 4.90 Å². The van der Waals surface area contributed by atoms with Crippen molar-refractivity contribution < 1.29 is 14.7 Å². The molecule has 1 atom stereocenters. The van der Waals surface area contributed by atoms with Gasteiger partial charge in [0.25, 0.3) is 5.91 Å². The molecule has 4 aromatic rings. The summed E-state index contributed by atoms with van der Waals surface area (Å²) in [6.45, 7) is 0.286. The maximum absolute atomic E-state index is 13.5. The molecule has 5 rings (SSSR count). The summed E-state index contributed by atoms with van der Waals surface area (Å²) >= 11 is 6.21. The molecule has 0 unspecified atom stereocenters. The number of aromatic nitrogens is 1. The topological polar surface area (TPSA) is 62.5 Å². The maximum Gasteiger partial charge on any atom is 0.264 e. The molecule has 1 aliphatic rings. The number of fused-ring (bicyclic) bond motifs is 1. The van der Waals surface area contributed by atoms with Crippen molar-refractivity contribution in [3.8, 4) is 5.69 Å². The van der Waals surface area contributed by atoms with E-state index in [0.29, 0.717) is 21.8 Å². The number of nitrogens with zero attached hydrogens (tertiary/aromatic N) is 2. The molecule has 6 heteroatoms.